The maximum absolute atomic E-state index is 5.73. The number of nitrogens with zero attached hydrogens (tertiary/aromatic N) is 1. The summed E-state index contributed by atoms with van der Waals surface area (Å²) in [4.78, 5) is 2.38. The molecule has 0 bridgehead atoms. The summed E-state index contributed by atoms with van der Waals surface area (Å²) in [6.07, 6.45) is 3.32. The standard InChI is InChI=1S/C12H15N.C6H15N/c1-2-3-4-5-8-11-9-6-7-10-12(11)13;1-4-7(5-2)6-3/h6-7,9-10H,2-4,13H2,1H3;4-6H2,1-3H3. The SMILES string of the molecule is CCCCC#Cc1ccccc1N.CCN(CC)CC. The number of hydrogen-bond donors (Lipinski definition) is 1. The van der Waals surface area contributed by atoms with E-state index in [0.717, 1.165) is 17.7 Å². The smallest absolute Gasteiger partial charge is 0.0474 e. The summed E-state index contributed by atoms with van der Waals surface area (Å²) in [6.45, 7) is 12.3. The van der Waals surface area contributed by atoms with Gasteiger partial charge in [0.25, 0.3) is 0 Å². The predicted molar refractivity (Wildman–Crippen MR) is 90.7 cm³/mol. The minimum Gasteiger partial charge on any atom is -0.398 e. The average molecular weight is 274 g/mol. The number of nitrogen functional groups attached to an aromatic ring is 1. The van der Waals surface area contributed by atoms with Crippen LogP contribution in [0.15, 0.2) is 24.3 Å². The van der Waals surface area contributed by atoms with Crippen LogP contribution in [0, 0.1) is 11.8 Å². The number of para-hydroxylation sites is 1. The molecule has 0 amide bonds. The quantitative estimate of drug-likeness (QED) is 0.496. The summed E-state index contributed by atoms with van der Waals surface area (Å²) >= 11 is 0. The lowest BCUT2D eigenvalue weighted by atomic mass is 10.2. The van der Waals surface area contributed by atoms with Crippen molar-refractivity contribution in [3.63, 3.8) is 0 Å². The fourth-order valence-electron chi connectivity index (χ4n) is 1.70. The zero-order valence-corrected chi connectivity index (χ0v) is 13.6. The van der Waals surface area contributed by atoms with Crippen LogP contribution in [0.5, 0.6) is 0 Å². The van der Waals surface area contributed by atoms with E-state index in [2.05, 4.69) is 44.4 Å². The fraction of sp³-hybridized carbons (Fsp3) is 0.556. The first-order valence-corrected chi connectivity index (χ1v) is 7.75. The second-order valence-electron chi connectivity index (χ2n) is 4.61. The molecule has 112 valence electrons. The Balaban J connectivity index is 0.000000441. The number of benzene rings is 1. The van der Waals surface area contributed by atoms with Crippen LogP contribution in [0.3, 0.4) is 0 Å². The van der Waals surface area contributed by atoms with Gasteiger partial charge in [-0.2, -0.15) is 0 Å². The second kappa shape index (κ2) is 12.6. The Morgan fingerprint density at radius 3 is 2.05 bits per heavy atom. The number of rotatable bonds is 5. The third-order valence-electron chi connectivity index (χ3n) is 3.18. The van der Waals surface area contributed by atoms with Gasteiger partial charge in [0.15, 0.2) is 0 Å². The maximum Gasteiger partial charge on any atom is 0.0474 e. The Bertz CT molecular complexity index is 392. The van der Waals surface area contributed by atoms with Gasteiger partial charge < -0.3 is 10.6 Å². The third kappa shape index (κ3) is 8.61. The molecule has 0 aliphatic heterocycles. The summed E-state index contributed by atoms with van der Waals surface area (Å²) in [7, 11) is 0. The van der Waals surface area contributed by atoms with Crippen molar-refractivity contribution >= 4 is 5.69 Å². The van der Waals surface area contributed by atoms with Crippen LogP contribution in [-0.4, -0.2) is 24.5 Å². The molecule has 0 saturated heterocycles. The molecule has 0 saturated carbocycles. The van der Waals surface area contributed by atoms with Gasteiger partial charge in [0.2, 0.25) is 0 Å². The summed E-state index contributed by atoms with van der Waals surface area (Å²) in [5.74, 6) is 6.19. The number of nitrogens with two attached hydrogens (primary N) is 1. The van der Waals surface area contributed by atoms with Gasteiger partial charge in [0.05, 0.1) is 0 Å². The molecule has 20 heavy (non-hydrogen) atoms. The van der Waals surface area contributed by atoms with E-state index >= 15 is 0 Å². The molecule has 2 N–H and O–H groups in total. The van der Waals surface area contributed by atoms with E-state index in [0.29, 0.717) is 0 Å². The molecule has 0 radical (unpaired) electrons. The Hall–Kier alpha value is -1.46. The molecular weight excluding hydrogens is 244 g/mol. The topological polar surface area (TPSA) is 29.3 Å². The largest absolute Gasteiger partial charge is 0.398 e. The van der Waals surface area contributed by atoms with Crippen LogP contribution in [0.25, 0.3) is 0 Å². The highest BCUT2D eigenvalue weighted by Gasteiger charge is 1.90. The zero-order valence-electron chi connectivity index (χ0n) is 13.6. The average Bonchev–Trinajstić information content (AvgIpc) is 2.48. The lowest BCUT2D eigenvalue weighted by Crippen LogP contribution is -2.21. The van der Waals surface area contributed by atoms with Crippen molar-refractivity contribution in [2.24, 2.45) is 0 Å². The molecule has 1 aromatic rings. The van der Waals surface area contributed by atoms with Crippen molar-refractivity contribution in [1.82, 2.24) is 4.90 Å². The van der Waals surface area contributed by atoms with E-state index < -0.39 is 0 Å². The normalized spacial score (nSPS) is 9.45. The monoisotopic (exact) mass is 274 g/mol. The van der Waals surface area contributed by atoms with E-state index in [4.69, 9.17) is 5.73 Å². The highest BCUT2D eigenvalue weighted by molar-refractivity contribution is 5.55. The molecule has 0 atom stereocenters. The van der Waals surface area contributed by atoms with Crippen molar-refractivity contribution in [1.29, 1.82) is 0 Å². The minimum atomic E-state index is 0.770. The predicted octanol–water partition coefficient (Wildman–Crippen LogP) is 4.16. The van der Waals surface area contributed by atoms with Crippen LogP contribution in [0.1, 0.15) is 52.5 Å². The fourth-order valence-corrected chi connectivity index (χ4v) is 1.70. The van der Waals surface area contributed by atoms with Crippen LogP contribution in [0.4, 0.5) is 5.69 Å². The Labute approximate surface area is 125 Å². The van der Waals surface area contributed by atoms with Crippen molar-refractivity contribution in [3.05, 3.63) is 29.8 Å². The van der Waals surface area contributed by atoms with Crippen molar-refractivity contribution in [3.8, 4) is 11.8 Å². The zero-order chi connectivity index (χ0) is 15.2. The molecule has 0 aliphatic carbocycles. The van der Waals surface area contributed by atoms with E-state index in [1.807, 2.05) is 24.3 Å². The van der Waals surface area contributed by atoms with E-state index in [9.17, 15) is 0 Å². The lowest BCUT2D eigenvalue weighted by Gasteiger charge is -2.13. The molecular formula is C18H30N2. The van der Waals surface area contributed by atoms with Gasteiger partial charge in [0.1, 0.15) is 0 Å². The molecule has 0 fully saturated rings. The maximum atomic E-state index is 5.73. The molecule has 0 unspecified atom stereocenters. The van der Waals surface area contributed by atoms with E-state index in [1.165, 1.54) is 32.5 Å². The van der Waals surface area contributed by atoms with Crippen molar-refractivity contribution in [2.45, 2.75) is 47.0 Å². The van der Waals surface area contributed by atoms with Gasteiger partial charge in [-0.1, -0.05) is 58.1 Å². The molecule has 2 heteroatoms. The Morgan fingerprint density at radius 2 is 1.60 bits per heavy atom. The van der Waals surface area contributed by atoms with Crippen LogP contribution in [-0.2, 0) is 0 Å². The molecule has 2 nitrogen and oxygen atoms in total. The summed E-state index contributed by atoms with van der Waals surface area (Å²) in [6, 6.07) is 7.71. The number of hydrogen-bond acceptors (Lipinski definition) is 2. The first kappa shape index (κ1) is 18.5. The second-order valence-corrected chi connectivity index (χ2v) is 4.61. The highest BCUT2D eigenvalue weighted by atomic mass is 15.1. The number of anilines is 1. The summed E-state index contributed by atoms with van der Waals surface area (Å²) in [5, 5.41) is 0. The van der Waals surface area contributed by atoms with Gasteiger partial charge >= 0.3 is 0 Å². The molecule has 0 heterocycles. The third-order valence-corrected chi connectivity index (χ3v) is 3.18. The van der Waals surface area contributed by atoms with Crippen LogP contribution >= 0.6 is 0 Å². The Kier molecular flexibility index (Phi) is 11.7. The lowest BCUT2D eigenvalue weighted by molar-refractivity contribution is 0.321. The first-order chi connectivity index (χ1) is 9.69. The van der Waals surface area contributed by atoms with Crippen LogP contribution in [0.2, 0.25) is 0 Å². The van der Waals surface area contributed by atoms with Crippen molar-refractivity contribution < 1.29 is 0 Å². The van der Waals surface area contributed by atoms with E-state index in [1.54, 1.807) is 0 Å². The van der Waals surface area contributed by atoms with Gasteiger partial charge in [-0.25, -0.2) is 0 Å². The van der Waals surface area contributed by atoms with E-state index in [-0.39, 0.29) is 0 Å². The highest BCUT2D eigenvalue weighted by Crippen LogP contribution is 2.08. The van der Waals surface area contributed by atoms with Crippen molar-refractivity contribution in [2.75, 3.05) is 25.4 Å². The molecule has 0 aromatic heterocycles. The first-order valence-electron chi connectivity index (χ1n) is 7.75. The summed E-state index contributed by atoms with van der Waals surface area (Å²) < 4.78 is 0. The van der Waals surface area contributed by atoms with Gasteiger partial charge in [-0.05, 0) is 38.2 Å². The van der Waals surface area contributed by atoms with Gasteiger partial charge in [-0.3, -0.25) is 0 Å². The minimum absolute atomic E-state index is 0.770. The van der Waals surface area contributed by atoms with Gasteiger partial charge in [-0.15, -0.1) is 0 Å². The number of unbranched alkanes of at least 4 members (excludes halogenated alkanes) is 2. The summed E-state index contributed by atoms with van der Waals surface area (Å²) in [5.41, 5.74) is 7.45. The van der Waals surface area contributed by atoms with Crippen LogP contribution < -0.4 is 5.73 Å². The Morgan fingerprint density at radius 1 is 1.00 bits per heavy atom. The molecule has 0 spiro atoms. The molecule has 1 aromatic carbocycles. The van der Waals surface area contributed by atoms with Gasteiger partial charge in [0, 0.05) is 17.7 Å². The molecule has 1 rings (SSSR count). The molecule has 0 aliphatic rings.